The number of ether oxygens (including phenoxy) is 1. The van der Waals surface area contributed by atoms with E-state index >= 15 is 0 Å². The number of halogens is 1. The minimum Gasteiger partial charge on any atom is -0.497 e. The van der Waals surface area contributed by atoms with Crippen molar-refractivity contribution in [1.29, 1.82) is 0 Å². The van der Waals surface area contributed by atoms with Gasteiger partial charge in [0.25, 0.3) is 0 Å². The van der Waals surface area contributed by atoms with Gasteiger partial charge in [-0.1, -0.05) is 52.3 Å². The summed E-state index contributed by atoms with van der Waals surface area (Å²) < 4.78 is 6.37. The van der Waals surface area contributed by atoms with E-state index in [1.807, 2.05) is 18.2 Å². The summed E-state index contributed by atoms with van der Waals surface area (Å²) in [5.74, 6) is 0.884. The number of nitrogens with one attached hydrogen (secondary N) is 1. The maximum absolute atomic E-state index is 5.26. The van der Waals surface area contributed by atoms with E-state index in [1.54, 1.807) is 7.11 Å². The monoisotopic (exact) mass is 341 g/mol. The number of benzene rings is 3. The average Bonchev–Trinajstić information content (AvgIpc) is 2.55. The van der Waals surface area contributed by atoms with Gasteiger partial charge in [-0.25, -0.2) is 0 Å². The second-order valence-corrected chi connectivity index (χ2v) is 5.70. The van der Waals surface area contributed by atoms with Crippen molar-refractivity contribution >= 4 is 32.4 Å². The highest BCUT2D eigenvalue weighted by Crippen LogP contribution is 2.30. The molecule has 1 N–H and O–H groups in total. The molecule has 0 spiro atoms. The zero-order valence-corrected chi connectivity index (χ0v) is 13.4. The van der Waals surface area contributed by atoms with Crippen LogP contribution in [0.1, 0.15) is 5.56 Å². The third-order valence-electron chi connectivity index (χ3n) is 3.49. The van der Waals surface area contributed by atoms with Gasteiger partial charge >= 0.3 is 0 Å². The molecule has 0 unspecified atom stereocenters. The first-order chi connectivity index (χ1) is 10.3. The molecule has 3 heteroatoms. The van der Waals surface area contributed by atoms with Crippen LogP contribution < -0.4 is 10.1 Å². The fourth-order valence-electron chi connectivity index (χ4n) is 2.40. The zero-order chi connectivity index (χ0) is 14.7. The van der Waals surface area contributed by atoms with Crippen LogP contribution in [0.2, 0.25) is 0 Å². The molecule has 0 radical (unpaired) electrons. The van der Waals surface area contributed by atoms with E-state index in [0.29, 0.717) is 0 Å². The Kier molecular flexibility index (Phi) is 4.11. The van der Waals surface area contributed by atoms with Crippen molar-refractivity contribution < 1.29 is 4.74 Å². The SMILES string of the molecule is COc1cccc(CNc2ccc(Br)c3ccccc23)c1. The molecule has 0 aliphatic rings. The number of hydrogen-bond acceptors (Lipinski definition) is 2. The Morgan fingerprint density at radius 1 is 0.952 bits per heavy atom. The van der Waals surface area contributed by atoms with Crippen molar-refractivity contribution in [3.8, 4) is 5.75 Å². The van der Waals surface area contributed by atoms with E-state index in [2.05, 4.69) is 63.7 Å². The summed E-state index contributed by atoms with van der Waals surface area (Å²) in [5, 5.41) is 5.94. The van der Waals surface area contributed by atoms with Gasteiger partial charge in [-0.05, 0) is 35.2 Å². The first-order valence-electron chi connectivity index (χ1n) is 6.82. The van der Waals surface area contributed by atoms with Crippen LogP contribution in [0.3, 0.4) is 0 Å². The molecular formula is C18H16BrNO. The third kappa shape index (κ3) is 3.03. The molecule has 21 heavy (non-hydrogen) atoms. The van der Waals surface area contributed by atoms with E-state index in [0.717, 1.165) is 22.5 Å². The first kappa shape index (κ1) is 14.0. The molecule has 3 aromatic carbocycles. The molecule has 106 valence electrons. The van der Waals surface area contributed by atoms with Crippen molar-refractivity contribution in [1.82, 2.24) is 0 Å². The molecule has 0 saturated heterocycles. The maximum atomic E-state index is 5.26. The first-order valence-corrected chi connectivity index (χ1v) is 7.61. The normalized spacial score (nSPS) is 10.6. The van der Waals surface area contributed by atoms with Gasteiger partial charge in [0.05, 0.1) is 7.11 Å². The molecule has 3 aromatic rings. The van der Waals surface area contributed by atoms with E-state index < -0.39 is 0 Å². The van der Waals surface area contributed by atoms with Crippen LogP contribution in [0.5, 0.6) is 5.75 Å². The fraction of sp³-hybridized carbons (Fsp3) is 0.111. The lowest BCUT2D eigenvalue weighted by Gasteiger charge is -2.11. The summed E-state index contributed by atoms with van der Waals surface area (Å²) in [7, 11) is 1.69. The Bertz CT molecular complexity index is 770. The predicted molar refractivity (Wildman–Crippen MR) is 92.0 cm³/mol. The Morgan fingerprint density at radius 3 is 2.57 bits per heavy atom. The molecule has 0 fully saturated rings. The second kappa shape index (κ2) is 6.19. The second-order valence-electron chi connectivity index (χ2n) is 4.85. The predicted octanol–water partition coefficient (Wildman–Crippen LogP) is 5.22. The largest absolute Gasteiger partial charge is 0.497 e. The van der Waals surface area contributed by atoms with Gasteiger partial charge in [-0.2, -0.15) is 0 Å². The van der Waals surface area contributed by atoms with Crippen molar-refractivity contribution in [3.63, 3.8) is 0 Å². The van der Waals surface area contributed by atoms with Crippen LogP contribution in [0, 0.1) is 0 Å². The van der Waals surface area contributed by atoms with Crippen LogP contribution in [-0.4, -0.2) is 7.11 Å². The van der Waals surface area contributed by atoms with Crippen LogP contribution in [-0.2, 0) is 6.54 Å². The summed E-state index contributed by atoms with van der Waals surface area (Å²) in [4.78, 5) is 0. The van der Waals surface area contributed by atoms with Crippen LogP contribution in [0.15, 0.2) is 65.1 Å². The third-order valence-corrected chi connectivity index (χ3v) is 4.18. The minimum atomic E-state index is 0.767. The minimum absolute atomic E-state index is 0.767. The molecule has 0 atom stereocenters. The van der Waals surface area contributed by atoms with Gasteiger partial charge in [0.1, 0.15) is 5.75 Å². The lowest BCUT2D eigenvalue weighted by Crippen LogP contribution is -2.00. The number of rotatable bonds is 4. The molecule has 0 heterocycles. The Morgan fingerprint density at radius 2 is 1.76 bits per heavy atom. The quantitative estimate of drug-likeness (QED) is 0.702. The van der Waals surface area contributed by atoms with Crippen molar-refractivity contribution in [3.05, 3.63) is 70.7 Å². The highest BCUT2D eigenvalue weighted by atomic mass is 79.9. The summed E-state index contributed by atoms with van der Waals surface area (Å²) in [5.41, 5.74) is 2.33. The summed E-state index contributed by atoms with van der Waals surface area (Å²) in [6.45, 7) is 0.767. The zero-order valence-electron chi connectivity index (χ0n) is 11.8. The average molecular weight is 342 g/mol. The Hall–Kier alpha value is -2.00. The Balaban J connectivity index is 1.87. The van der Waals surface area contributed by atoms with E-state index in [-0.39, 0.29) is 0 Å². The van der Waals surface area contributed by atoms with E-state index in [9.17, 15) is 0 Å². The molecule has 0 bridgehead atoms. The van der Waals surface area contributed by atoms with Crippen LogP contribution in [0.25, 0.3) is 10.8 Å². The summed E-state index contributed by atoms with van der Waals surface area (Å²) in [6.07, 6.45) is 0. The van der Waals surface area contributed by atoms with Crippen LogP contribution >= 0.6 is 15.9 Å². The highest BCUT2D eigenvalue weighted by molar-refractivity contribution is 9.10. The molecule has 2 nitrogen and oxygen atoms in total. The smallest absolute Gasteiger partial charge is 0.119 e. The van der Waals surface area contributed by atoms with Crippen molar-refractivity contribution in [2.75, 3.05) is 12.4 Å². The van der Waals surface area contributed by atoms with Gasteiger partial charge in [0.15, 0.2) is 0 Å². The van der Waals surface area contributed by atoms with Gasteiger partial charge in [0.2, 0.25) is 0 Å². The fourth-order valence-corrected chi connectivity index (χ4v) is 2.87. The van der Waals surface area contributed by atoms with Gasteiger partial charge in [-0.15, -0.1) is 0 Å². The molecule has 0 aliphatic heterocycles. The topological polar surface area (TPSA) is 21.3 Å². The lowest BCUT2D eigenvalue weighted by atomic mass is 10.1. The maximum Gasteiger partial charge on any atom is 0.119 e. The van der Waals surface area contributed by atoms with E-state index in [4.69, 9.17) is 4.74 Å². The van der Waals surface area contributed by atoms with Gasteiger partial charge in [0, 0.05) is 22.1 Å². The molecule has 0 amide bonds. The van der Waals surface area contributed by atoms with E-state index in [1.165, 1.54) is 16.3 Å². The van der Waals surface area contributed by atoms with Crippen molar-refractivity contribution in [2.45, 2.75) is 6.54 Å². The molecule has 0 aromatic heterocycles. The number of methoxy groups -OCH3 is 1. The standard InChI is InChI=1S/C18H16BrNO/c1-21-14-6-4-5-13(11-14)12-20-18-10-9-17(19)15-7-2-3-8-16(15)18/h2-11,20H,12H2,1H3. The molecule has 3 rings (SSSR count). The van der Waals surface area contributed by atoms with Crippen LogP contribution in [0.4, 0.5) is 5.69 Å². The lowest BCUT2D eigenvalue weighted by molar-refractivity contribution is 0.414. The van der Waals surface area contributed by atoms with Gasteiger partial charge < -0.3 is 10.1 Å². The summed E-state index contributed by atoms with van der Waals surface area (Å²) >= 11 is 3.60. The molecule has 0 saturated carbocycles. The van der Waals surface area contributed by atoms with Gasteiger partial charge in [-0.3, -0.25) is 0 Å². The number of anilines is 1. The van der Waals surface area contributed by atoms with Crippen molar-refractivity contribution in [2.24, 2.45) is 0 Å². The summed E-state index contributed by atoms with van der Waals surface area (Å²) in [6, 6.07) is 20.7. The number of fused-ring (bicyclic) bond motifs is 1. The Labute approximate surface area is 132 Å². The molecule has 0 aliphatic carbocycles. The molecular weight excluding hydrogens is 326 g/mol. The highest BCUT2D eigenvalue weighted by Gasteiger charge is 2.04. The number of hydrogen-bond donors (Lipinski definition) is 1.